The molecule has 1 N–H and O–H groups in total. The van der Waals surface area contributed by atoms with Gasteiger partial charge in [-0.05, 0) is 38.0 Å². The predicted molar refractivity (Wildman–Crippen MR) is 72.2 cm³/mol. The topological polar surface area (TPSA) is 21.3 Å². The molecule has 0 aromatic rings. The van der Waals surface area contributed by atoms with Crippen molar-refractivity contribution in [2.75, 3.05) is 13.2 Å². The maximum Gasteiger partial charge on any atom is 0.0835 e. The highest BCUT2D eigenvalue weighted by Gasteiger charge is 2.43. The van der Waals surface area contributed by atoms with Crippen molar-refractivity contribution < 1.29 is 4.74 Å². The highest BCUT2D eigenvalue weighted by molar-refractivity contribution is 4.98. The largest absolute Gasteiger partial charge is 0.372 e. The van der Waals surface area contributed by atoms with E-state index >= 15 is 0 Å². The van der Waals surface area contributed by atoms with Gasteiger partial charge < -0.3 is 10.1 Å². The van der Waals surface area contributed by atoms with E-state index in [9.17, 15) is 0 Å². The summed E-state index contributed by atoms with van der Waals surface area (Å²) in [7, 11) is 0. The smallest absolute Gasteiger partial charge is 0.0835 e. The van der Waals surface area contributed by atoms with Gasteiger partial charge in [0.15, 0.2) is 0 Å². The zero-order chi connectivity index (χ0) is 12.1. The quantitative estimate of drug-likeness (QED) is 0.810. The van der Waals surface area contributed by atoms with Crippen LogP contribution in [0.3, 0.4) is 0 Å². The molecule has 0 aromatic carbocycles. The Balaban J connectivity index is 1.95. The Hall–Kier alpha value is -0.0800. The van der Waals surface area contributed by atoms with E-state index in [4.69, 9.17) is 4.74 Å². The normalized spacial score (nSPS) is 38.5. The van der Waals surface area contributed by atoms with Gasteiger partial charge in [-0.1, -0.05) is 33.1 Å². The summed E-state index contributed by atoms with van der Waals surface area (Å²) in [5.41, 5.74) is 0.194. The Morgan fingerprint density at radius 1 is 1.24 bits per heavy atom. The Morgan fingerprint density at radius 3 is 2.65 bits per heavy atom. The van der Waals surface area contributed by atoms with Crippen LogP contribution in [0, 0.1) is 5.92 Å². The minimum Gasteiger partial charge on any atom is -0.372 e. The first-order chi connectivity index (χ1) is 8.30. The lowest BCUT2D eigenvalue weighted by atomic mass is 9.72. The summed E-state index contributed by atoms with van der Waals surface area (Å²) < 4.78 is 6.25. The average molecular weight is 239 g/mol. The predicted octanol–water partition coefficient (Wildman–Crippen LogP) is 3.50. The van der Waals surface area contributed by atoms with Gasteiger partial charge in [-0.3, -0.25) is 0 Å². The SMILES string of the molecule is CCCCC1NCCOC12CCC(CC)CC2. The number of unbranched alkanes of at least 4 members (excludes halogenated alkanes) is 1. The summed E-state index contributed by atoms with van der Waals surface area (Å²) in [6, 6.07) is 0.619. The van der Waals surface area contributed by atoms with E-state index in [0.717, 1.165) is 19.1 Å². The van der Waals surface area contributed by atoms with Crippen LogP contribution < -0.4 is 5.32 Å². The van der Waals surface area contributed by atoms with Gasteiger partial charge in [0.2, 0.25) is 0 Å². The zero-order valence-corrected chi connectivity index (χ0v) is 11.6. The number of rotatable bonds is 4. The molecule has 2 nitrogen and oxygen atoms in total. The Bertz CT molecular complexity index is 221. The van der Waals surface area contributed by atoms with Crippen molar-refractivity contribution in [3.63, 3.8) is 0 Å². The van der Waals surface area contributed by atoms with E-state index in [-0.39, 0.29) is 5.60 Å². The van der Waals surface area contributed by atoms with Gasteiger partial charge in [0.1, 0.15) is 0 Å². The van der Waals surface area contributed by atoms with E-state index in [2.05, 4.69) is 19.2 Å². The molecular formula is C15H29NO. The molecule has 100 valence electrons. The Morgan fingerprint density at radius 2 is 2.00 bits per heavy atom. The van der Waals surface area contributed by atoms with Crippen molar-refractivity contribution in [1.29, 1.82) is 0 Å². The minimum atomic E-state index is 0.194. The fraction of sp³-hybridized carbons (Fsp3) is 1.00. The number of morpholine rings is 1. The Labute approximate surface area is 107 Å². The summed E-state index contributed by atoms with van der Waals surface area (Å²) in [6.07, 6.45) is 10.6. The van der Waals surface area contributed by atoms with Crippen LogP contribution in [0.15, 0.2) is 0 Å². The van der Waals surface area contributed by atoms with Gasteiger partial charge in [0.05, 0.1) is 12.2 Å². The van der Waals surface area contributed by atoms with Crippen LogP contribution in [0.25, 0.3) is 0 Å². The van der Waals surface area contributed by atoms with Gasteiger partial charge in [-0.25, -0.2) is 0 Å². The van der Waals surface area contributed by atoms with Crippen LogP contribution in [-0.4, -0.2) is 24.8 Å². The van der Waals surface area contributed by atoms with Gasteiger partial charge in [0.25, 0.3) is 0 Å². The highest BCUT2D eigenvalue weighted by atomic mass is 16.5. The average Bonchev–Trinajstić information content (AvgIpc) is 2.39. The maximum atomic E-state index is 6.25. The van der Waals surface area contributed by atoms with Gasteiger partial charge in [-0.15, -0.1) is 0 Å². The molecule has 2 fully saturated rings. The summed E-state index contributed by atoms with van der Waals surface area (Å²) >= 11 is 0. The van der Waals surface area contributed by atoms with Gasteiger partial charge >= 0.3 is 0 Å². The second-order valence-electron chi connectivity index (χ2n) is 5.91. The summed E-state index contributed by atoms with van der Waals surface area (Å²) in [6.45, 7) is 6.58. The van der Waals surface area contributed by atoms with Crippen molar-refractivity contribution in [3.8, 4) is 0 Å². The second-order valence-corrected chi connectivity index (χ2v) is 5.91. The van der Waals surface area contributed by atoms with Crippen LogP contribution in [0.2, 0.25) is 0 Å². The third kappa shape index (κ3) is 3.03. The number of hydrogen-bond acceptors (Lipinski definition) is 2. The van der Waals surface area contributed by atoms with Crippen molar-refractivity contribution in [3.05, 3.63) is 0 Å². The molecule has 1 saturated carbocycles. The standard InChI is InChI=1S/C15H29NO/c1-3-5-6-14-15(17-12-11-16-14)9-7-13(4-2)8-10-15/h13-14,16H,3-12H2,1-2H3. The van der Waals surface area contributed by atoms with Crippen LogP contribution in [0.5, 0.6) is 0 Å². The molecule has 1 aliphatic heterocycles. The lowest BCUT2D eigenvalue weighted by Gasteiger charge is -2.48. The first-order valence-corrected chi connectivity index (χ1v) is 7.68. The fourth-order valence-electron chi connectivity index (χ4n) is 3.61. The molecule has 1 aliphatic carbocycles. The molecule has 0 aromatic heterocycles. The second kappa shape index (κ2) is 6.19. The molecule has 1 unspecified atom stereocenters. The first kappa shape index (κ1) is 13.4. The Kier molecular flexibility index (Phi) is 4.87. The third-order valence-corrected chi connectivity index (χ3v) is 4.89. The summed E-state index contributed by atoms with van der Waals surface area (Å²) in [5.74, 6) is 0.956. The number of hydrogen-bond donors (Lipinski definition) is 1. The third-order valence-electron chi connectivity index (χ3n) is 4.89. The van der Waals surface area contributed by atoms with Crippen molar-refractivity contribution in [2.24, 2.45) is 5.92 Å². The molecule has 1 spiro atoms. The maximum absolute atomic E-state index is 6.25. The fourth-order valence-corrected chi connectivity index (χ4v) is 3.61. The van der Waals surface area contributed by atoms with Crippen molar-refractivity contribution >= 4 is 0 Å². The molecule has 0 amide bonds. The lowest BCUT2D eigenvalue weighted by molar-refractivity contribution is -0.125. The summed E-state index contributed by atoms with van der Waals surface area (Å²) in [4.78, 5) is 0. The molecule has 17 heavy (non-hydrogen) atoms. The van der Waals surface area contributed by atoms with E-state index in [1.807, 2.05) is 0 Å². The van der Waals surface area contributed by atoms with E-state index in [1.54, 1.807) is 0 Å². The number of ether oxygens (including phenoxy) is 1. The van der Waals surface area contributed by atoms with E-state index in [1.165, 1.54) is 51.4 Å². The molecule has 2 rings (SSSR count). The van der Waals surface area contributed by atoms with Crippen LogP contribution >= 0.6 is 0 Å². The molecule has 1 atom stereocenters. The summed E-state index contributed by atoms with van der Waals surface area (Å²) in [5, 5.41) is 3.72. The molecular weight excluding hydrogens is 210 g/mol. The molecule has 0 bridgehead atoms. The van der Waals surface area contributed by atoms with E-state index < -0.39 is 0 Å². The number of nitrogens with one attached hydrogen (secondary N) is 1. The zero-order valence-electron chi connectivity index (χ0n) is 11.6. The molecule has 2 aliphatic rings. The van der Waals surface area contributed by atoms with E-state index in [0.29, 0.717) is 6.04 Å². The highest BCUT2D eigenvalue weighted by Crippen LogP contribution is 2.40. The molecule has 0 radical (unpaired) electrons. The van der Waals surface area contributed by atoms with Crippen LogP contribution in [-0.2, 0) is 4.74 Å². The monoisotopic (exact) mass is 239 g/mol. The first-order valence-electron chi connectivity index (χ1n) is 7.68. The van der Waals surface area contributed by atoms with Gasteiger partial charge in [-0.2, -0.15) is 0 Å². The van der Waals surface area contributed by atoms with Crippen molar-refractivity contribution in [2.45, 2.75) is 76.9 Å². The molecule has 1 saturated heterocycles. The van der Waals surface area contributed by atoms with Gasteiger partial charge in [0, 0.05) is 12.6 Å². The van der Waals surface area contributed by atoms with Crippen LogP contribution in [0.1, 0.15) is 65.2 Å². The lowest BCUT2D eigenvalue weighted by Crippen LogP contribution is -2.59. The molecule has 2 heteroatoms. The minimum absolute atomic E-state index is 0.194. The molecule has 1 heterocycles. The van der Waals surface area contributed by atoms with Crippen molar-refractivity contribution in [1.82, 2.24) is 5.32 Å². The van der Waals surface area contributed by atoms with Crippen LogP contribution in [0.4, 0.5) is 0 Å².